The van der Waals surface area contributed by atoms with Crippen molar-refractivity contribution in [1.82, 2.24) is 0 Å². The van der Waals surface area contributed by atoms with Gasteiger partial charge in [0.15, 0.2) is 11.6 Å². The van der Waals surface area contributed by atoms with E-state index in [0.29, 0.717) is 50.3 Å². The summed E-state index contributed by atoms with van der Waals surface area (Å²) in [4.78, 5) is 25.6. The molecule has 0 aliphatic heterocycles. The summed E-state index contributed by atoms with van der Waals surface area (Å²) >= 11 is 5.94. The van der Waals surface area contributed by atoms with Crippen LogP contribution in [0.4, 0.5) is 0 Å². The van der Waals surface area contributed by atoms with Crippen molar-refractivity contribution in [3.05, 3.63) is 190 Å². The third kappa shape index (κ3) is 7.35. The van der Waals surface area contributed by atoms with Crippen LogP contribution in [0.5, 0.6) is 23.0 Å². The number of carbonyl (C=O) groups excluding carboxylic acids is 2. The van der Waals surface area contributed by atoms with Crippen molar-refractivity contribution in [2.45, 2.75) is 26.2 Å². The second kappa shape index (κ2) is 13.5. The van der Waals surface area contributed by atoms with Gasteiger partial charge < -0.3 is 9.47 Å². The van der Waals surface area contributed by atoms with Gasteiger partial charge in [-0.15, -0.1) is 0 Å². The van der Waals surface area contributed by atoms with Crippen molar-refractivity contribution in [3.8, 4) is 23.0 Å². The van der Waals surface area contributed by atoms with Gasteiger partial charge in [0.2, 0.25) is 0 Å². The molecule has 232 valence electrons. The van der Waals surface area contributed by atoms with E-state index in [0.717, 1.165) is 16.7 Å². The molecule has 0 atom stereocenters. The largest absolute Gasteiger partial charge is 0.457 e. The van der Waals surface area contributed by atoms with Gasteiger partial charge in [-0.2, -0.15) is 0 Å². The van der Waals surface area contributed by atoms with Gasteiger partial charge in [-0.1, -0.05) is 79.5 Å². The average molecular weight is 637 g/mol. The first-order chi connectivity index (χ1) is 22.7. The van der Waals surface area contributed by atoms with Crippen molar-refractivity contribution in [3.63, 3.8) is 0 Å². The molecule has 0 heterocycles. The van der Waals surface area contributed by atoms with Gasteiger partial charge in [-0.25, -0.2) is 0 Å². The van der Waals surface area contributed by atoms with Crippen LogP contribution in [-0.2, 0) is 5.41 Å². The highest BCUT2D eigenvalue weighted by atomic mass is 35.5. The van der Waals surface area contributed by atoms with Gasteiger partial charge in [0.25, 0.3) is 0 Å². The molecular weight excluding hydrogens is 604 g/mol. The highest BCUT2D eigenvalue weighted by Gasteiger charge is 2.23. The zero-order valence-electron chi connectivity index (χ0n) is 26.4. The lowest BCUT2D eigenvalue weighted by molar-refractivity contribution is 0.103. The molecular formula is C42H33ClO4. The van der Waals surface area contributed by atoms with Gasteiger partial charge in [0.1, 0.15) is 23.0 Å². The number of carbonyl (C=O) groups is 2. The van der Waals surface area contributed by atoms with Crippen LogP contribution in [-0.4, -0.2) is 11.6 Å². The summed E-state index contributed by atoms with van der Waals surface area (Å²) in [5.74, 6) is 2.65. The van der Waals surface area contributed by atoms with Crippen molar-refractivity contribution in [2.75, 3.05) is 0 Å². The number of aryl methyl sites for hydroxylation is 1. The van der Waals surface area contributed by atoms with Crippen LogP contribution in [0.3, 0.4) is 0 Å². The molecule has 4 nitrogen and oxygen atoms in total. The van der Waals surface area contributed by atoms with Crippen LogP contribution in [0.1, 0.15) is 62.4 Å². The van der Waals surface area contributed by atoms with E-state index in [1.807, 2.05) is 67.6 Å². The van der Waals surface area contributed by atoms with E-state index in [2.05, 4.69) is 38.1 Å². The molecule has 0 spiro atoms. The van der Waals surface area contributed by atoms with Crippen LogP contribution in [0.25, 0.3) is 0 Å². The molecule has 0 saturated carbocycles. The molecule has 6 aromatic carbocycles. The van der Waals surface area contributed by atoms with Gasteiger partial charge in [-0.05, 0) is 115 Å². The lowest BCUT2D eigenvalue weighted by Gasteiger charge is -2.26. The van der Waals surface area contributed by atoms with E-state index in [1.165, 1.54) is 0 Å². The Kier molecular flexibility index (Phi) is 9.05. The van der Waals surface area contributed by atoms with Gasteiger partial charge in [0, 0.05) is 32.7 Å². The molecule has 6 rings (SSSR count). The SMILES string of the molecule is Cc1ccc(C(=O)c2ccc(Oc3ccc(C(C)(C)c4ccc(Oc5ccc(C(=O)c6ccc(Cl)cc6)cc5)cc4)cc3)cc2)cc1. The average Bonchev–Trinajstić information content (AvgIpc) is 3.09. The molecule has 0 aliphatic rings. The molecule has 0 N–H and O–H groups in total. The molecule has 0 radical (unpaired) electrons. The van der Waals surface area contributed by atoms with Crippen LogP contribution < -0.4 is 9.47 Å². The molecule has 0 fully saturated rings. The van der Waals surface area contributed by atoms with Crippen molar-refractivity contribution < 1.29 is 19.1 Å². The predicted molar refractivity (Wildman–Crippen MR) is 188 cm³/mol. The highest BCUT2D eigenvalue weighted by molar-refractivity contribution is 6.30. The summed E-state index contributed by atoms with van der Waals surface area (Å²) in [6, 6.07) is 44.9. The zero-order valence-corrected chi connectivity index (χ0v) is 27.1. The Morgan fingerprint density at radius 3 is 1.06 bits per heavy atom. The summed E-state index contributed by atoms with van der Waals surface area (Å²) in [6.45, 7) is 6.36. The van der Waals surface area contributed by atoms with Crippen LogP contribution in [0.2, 0.25) is 5.02 Å². The fraction of sp³-hybridized carbons (Fsp3) is 0.0952. The molecule has 0 saturated heterocycles. The summed E-state index contributed by atoms with van der Waals surface area (Å²) in [5, 5.41) is 0.593. The van der Waals surface area contributed by atoms with E-state index in [9.17, 15) is 9.59 Å². The topological polar surface area (TPSA) is 52.6 Å². The van der Waals surface area contributed by atoms with E-state index in [4.69, 9.17) is 21.1 Å². The minimum atomic E-state index is -0.265. The molecule has 47 heavy (non-hydrogen) atoms. The van der Waals surface area contributed by atoms with E-state index in [1.54, 1.807) is 60.7 Å². The second-order valence-corrected chi connectivity index (χ2v) is 12.4. The van der Waals surface area contributed by atoms with Crippen molar-refractivity contribution >= 4 is 23.2 Å². The Morgan fingerprint density at radius 1 is 0.447 bits per heavy atom. The van der Waals surface area contributed by atoms with E-state index >= 15 is 0 Å². The molecule has 6 aromatic rings. The van der Waals surface area contributed by atoms with Gasteiger partial charge in [-0.3, -0.25) is 9.59 Å². The van der Waals surface area contributed by atoms with Crippen LogP contribution in [0.15, 0.2) is 146 Å². The fourth-order valence-electron chi connectivity index (χ4n) is 5.31. The smallest absolute Gasteiger partial charge is 0.193 e. The summed E-state index contributed by atoms with van der Waals surface area (Å²) < 4.78 is 12.1. The number of hydrogen-bond donors (Lipinski definition) is 0. The number of benzene rings is 6. The minimum Gasteiger partial charge on any atom is -0.457 e. The first-order valence-corrected chi connectivity index (χ1v) is 15.7. The minimum absolute atomic E-state index is 0.0136. The first-order valence-electron chi connectivity index (χ1n) is 15.3. The molecule has 0 unspecified atom stereocenters. The van der Waals surface area contributed by atoms with Gasteiger partial charge >= 0.3 is 0 Å². The Morgan fingerprint density at radius 2 is 0.723 bits per heavy atom. The molecule has 0 bridgehead atoms. The Balaban J connectivity index is 1.06. The Hall–Kier alpha value is -5.45. The number of rotatable bonds is 10. The Bertz CT molecular complexity index is 1840. The van der Waals surface area contributed by atoms with Crippen molar-refractivity contribution in [2.24, 2.45) is 0 Å². The third-order valence-electron chi connectivity index (χ3n) is 8.28. The maximum absolute atomic E-state index is 12.8. The van der Waals surface area contributed by atoms with Crippen LogP contribution >= 0.6 is 11.6 Å². The van der Waals surface area contributed by atoms with E-state index in [-0.39, 0.29) is 17.0 Å². The fourth-order valence-corrected chi connectivity index (χ4v) is 5.43. The lowest BCUT2D eigenvalue weighted by Crippen LogP contribution is -2.18. The Labute approximate surface area is 280 Å². The number of ether oxygens (including phenoxy) is 2. The maximum atomic E-state index is 12.8. The highest BCUT2D eigenvalue weighted by Crippen LogP contribution is 2.35. The molecule has 0 amide bonds. The van der Waals surface area contributed by atoms with Gasteiger partial charge in [0.05, 0.1) is 0 Å². The predicted octanol–water partition coefficient (Wildman–Crippen LogP) is 11.0. The van der Waals surface area contributed by atoms with Crippen LogP contribution in [0, 0.1) is 6.92 Å². The van der Waals surface area contributed by atoms with E-state index < -0.39 is 0 Å². The quantitative estimate of drug-likeness (QED) is 0.140. The summed E-state index contributed by atoms with van der Waals surface area (Å²) in [7, 11) is 0. The normalized spacial score (nSPS) is 11.1. The summed E-state index contributed by atoms with van der Waals surface area (Å²) in [5.41, 5.74) is 5.58. The first kappa shape index (κ1) is 31.5. The molecule has 0 aliphatic carbocycles. The zero-order chi connectivity index (χ0) is 33.0. The van der Waals surface area contributed by atoms with Crippen molar-refractivity contribution in [1.29, 1.82) is 0 Å². The molecule has 5 heteroatoms. The number of hydrogen-bond acceptors (Lipinski definition) is 4. The maximum Gasteiger partial charge on any atom is 0.193 e. The number of halogens is 1. The standard InChI is InChI=1S/C42H33ClO4/c1-28-4-6-29(7-5-28)40(44)31-10-20-36(21-11-31)46-38-24-14-33(15-25-38)42(2,3)34-16-26-39(27-17-34)47-37-22-12-32(13-23-37)41(45)30-8-18-35(43)19-9-30/h4-27H,1-3H3. The second-order valence-electron chi connectivity index (χ2n) is 12.0. The summed E-state index contributed by atoms with van der Waals surface area (Å²) in [6.07, 6.45) is 0. The molecule has 0 aromatic heterocycles. The lowest BCUT2D eigenvalue weighted by atomic mass is 9.78. The monoisotopic (exact) mass is 636 g/mol. The number of ketones is 2. The third-order valence-corrected chi connectivity index (χ3v) is 8.53.